The molecule has 7 heteroatoms. The van der Waals surface area contributed by atoms with Crippen LogP contribution < -0.4 is 10.6 Å². The fraction of sp³-hybridized carbons (Fsp3) is 0.125. The maximum absolute atomic E-state index is 13.5. The van der Waals surface area contributed by atoms with Crippen LogP contribution in [0.25, 0.3) is 0 Å². The number of hydrogen-bond donors (Lipinski definition) is 2. The van der Waals surface area contributed by atoms with Gasteiger partial charge in [0.15, 0.2) is 0 Å². The molecule has 2 N–H and O–H groups in total. The summed E-state index contributed by atoms with van der Waals surface area (Å²) in [6.45, 7) is 3.13. The zero-order chi connectivity index (χ0) is 17.1. The standard InChI is InChI=1S/C16H13Cl2FN2O2/c1-8-14(20-9(2)22)4-3-5-15(8)21-16(23)10-6-13(19)12(18)7-11(10)17/h3-7H,1-2H3,(H,20,22)(H,21,23). The molecule has 0 spiro atoms. The molecule has 0 atom stereocenters. The van der Waals surface area contributed by atoms with E-state index in [4.69, 9.17) is 23.2 Å². The normalized spacial score (nSPS) is 10.3. The molecule has 23 heavy (non-hydrogen) atoms. The minimum Gasteiger partial charge on any atom is -0.326 e. The molecule has 2 rings (SSSR count). The van der Waals surface area contributed by atoms with Crippen molar-refractivity contribution in [3.63, 3.8) is 0 Å². The van der Waals surface area contributed by atoms with Crippen LogP contribution in [0.3, 0.4) is 0 Å². The van der Waals surface area contributed by atoms with E-state index in [1.54, 1.807) is 25.1 Å². The second-order valence-electron chi connectivity index (χ2n) is 4.86. The first-order valence-corrected chi connectivity index (χ1v) is 7.38. The lowest BCUT2D eigenvalue weighted by Gasteiger charge is -2.13. The smallest absolute Gasteiger partial charge is 0.257 e. The lowest BCUT2D eigenvalue weighted by atomic mass is 10.1. The second kappa shape index (κ2) is 6.98. The molecule has 120 valence electrons. The third kappa shape index (κ3) is 4.00. The summed E-state index contributed by atoms with van der Waals surface area (Å²) in [7, 11) is 0. The average Bonchev–Trinajstić information content (AvgIpc) is 2.46. The van der Waals surface area contributed by atoms with Crippen molar-refractivity contribution in [3.05, 3.63) is 57.3 Å². The molecule has 0 aliphatic carbocycles. The molecule has 2 aromatic rings. The van der Waals surface area contributed by atoms with Crippen molar-refractivity contribution in [2.75, 3.05) is 10.6 Å². The van der Waals surface area contributed by atoms with Crippen molar-refractivity contribution in [2.24, 2.45) is 0 Å². The van der Waals surface area contributed by atoms with Gasteiger partial charge in [0.1, 0.15) is 5.82 Å². The summed E-state index contributed by atoms with van der Waals surface area (Å²) in [5, 5.41) is 5.19. The molecule has 0 bridgehead atoms. The van der Waals surface area contributed by atoms with Gasteiger partial charge in [-0.25, -0.2) is 4.39 Å². The molecule has 4 nitrogen and oxygen atoms in total. The highest BCUT2D eigenvalue weighted by atomic mass is 35.5. The number of benzene rings is 2. The first kappa shape index (κ1) is 17.2. The monoisotopic (exact) mass is 354 g/mol. The van der Waals surface area contributed by atoms with E-state index in [1.807, 2.05) is 0 Å². The predicted molar refractivity (Wildman–Crippen MR) is 89.9 cm³/mol. The Morgan fingerprint density at radius 2 is 1.65 bits per heavy atom. The molecule has 0 fully saturated rings. The summed E-state index contributed by atoms with van der Waals surface area (Å²) in [6.07, 6.45) is 0. The third-order valence-electron chi connectivity index (χ3n) is 3.15. The van der Waals surface area contributed by atoms with Gasteiger partial charge in [-0.1, -0.05) is 29.3 Å². The molecule has 0 heterocycles. The summed E-state index contributed by atoms with van der Waals surface area (Å²) < 4.78 is 13.5. The summed E-state index contributed by atoms with van der Waals surface area (Å²) in [5.41, 5.74) is 1.69. The summed E-state index contributed by atoms with van der Waals surface area (Å²) in [4.78, 5) is 23.5. The number of nitrogens with one attached hydrogen (secondary N) is 2. The van der Waals surface area contributed by atoms with Crippen molar-refractivity contribution in [3.8, 4) is 0 Å². The van der Waals surface area contributed by atoms with Crippen molar-refractivity contribution >= 4 is 46.4 Å². The maximum atomic E-state index is 13.5. The highest BCUT2D eigenvalue weighted by Gasteiger charge is 2.16. The first-order chi connectivity index (χ1) is 10.8. The predicted octanol–water partition coefficient (Wildman–Crippen LogP) is 4.65. The Morgan fingerprint density at radius 1 is 1.04 bits per heavy atom. The van der Waals surface area contributed by atoms with Crippen molar-refractivity contribution in [1.82, 2.24) is 0 Å². The van der Waals surface area contributed by atoms with Crippen LogP contribution in [0.2, 0.25) is 10.0 Å². The number of rotatable bonds is 3. The van der Waals surface area contributed by atoms with Gasteiger partial charge in [-0.3, -0.25) is 9.59 Å². The van der Waals surface area contributed by atoms with E-state index < -0.39 is 11.7 Å². The molecule has 0 saturated heterocycles. The Labute approximate surface area is 142 Å². The van der Waals surface area contributed by atoms with E-state index in [2.05, 4.69) is 10.6 Å². The van der Waals surface area contributed by atoms with Crippen molar-refractivity contribution in [2.45, 2.75) is 13.8 Å². The van der Waals surface area contributed by atoms with E-state index >= 15 is 0 Å². The van der Waals surface area contributed by atoms with Gasteiger partial charge in [-0.15, -0.1) is 0 Å². The van der Waals surface area contributed by atoms with E-state index in [0.29, 0.717) is 16.9 Å². The fourth-order valence-electron chi connectivity index (χ4n) is 1.98. The van der Waals surface area contributed by atoms with Gasteiger partial charge in [0.25, 0.3) is 5.91 Å². The van der Waals surface area contributed by atoms with Crippen LogP contribution in [0, 0.1) is 12.7 Å². The summed E-state index contributed by atoms with van der Waals surface area (Å²) >= 11 is 11.5. The van der Waals surface area contributed by atoms with Gasteiger partial charge < -0.3 is 10.6 Å². The van der Waals surface area contributed by atoms with Crippen LogP contribution in [0.15, 0.2) is 30.3 Å². The molecule has 0 unspecified atom stereocenters. The summed E-state index contributed by atoms with van der Waals surface area (Å²) in [6, 6.07) is 7.21. The van der Waals surface area contributed by atoms with E-state index in [9.17, 15) is 14.0 Å². The van der Waals surface area contributed by atoms with Gasteiger partial charge >= 0.3 is 0 Å². The Bertz CT molecular complexity index is 794. The van der Waals surface area contributed by atoms with Crippen LogP contribution in [0.5, 0.6) is 0 Å². The fourth-order valence-corrected chi connectivity index (χ4v) is 2.45. The Kier molecular flexibility index (Phi) is 5.23. The third-order valence-corrected chi connectivity index (χ3v) is 3.75. The maximum Gasteiger partial charge on any atom is 0.257 e. The molecule has 2 amide bonds. The number of amides is 2. The molecule has 0 aromatic heterocycles. The van der Waals surface area contributed by atoms with Crippen LogP contribution >= 0.6 is 23.2 Å². The number of halogens is 3. The van der Waals surface area contributed by atoms with Crippen LogP contribution in [0.1, 0.15) is 22.8 Å². The van der Waals surface area contributed by atoms with Gasteiger partial charge in [0.2, 0.25) is 5.91 Å². The van der Waals surface area contributed by atoms with Crippen molar-refractivity contribution < 1.29 is 14.0 Å². The lowest BCUT2D eigenvalue weighted by molar-refractivity contribution is -0.114. The van der Waals surface area contributed by atoms with Crippen LogP contribution in [-0.2, 0) is 4.79 Å². The second-order valence-corrected chi connectivity index (χ2v) is 5.67. The van der Waals surface area contributed by atoms with Gasteiger partial charge in [0, 0.05) is 18.3 Å². The lowest BCUT2D eigenvalue weighted by Crippen LogP contribution is -2.15. The van der Waals surface area contributed by atoms with Gasteiger partial charge in [0.05, 0.1) is 15.6 Å². The molecular formula is C16H13Cl2FN2O2. The van der Waals surface area contributed by atoms with E-state index in [-0.39, 0.29) is 21.5 Å². The van der Waals surface area contributed by atoms with Crippen LogP contribution in [0.4, 0.5) is 15.8 Å². The van der Waals surface area contributed by atoms with E-state index in [1.165, 1.54) is 13.0 Å². The Morgan fingerprint density at radius 3 is 2.26 bits per heavy atom. The molecule has 2 aromatic carbocycles. The number of carbonyl (C=O) groups is 2. The highest BCUT2D eigenvalue weighted by molar-refractivity contribution is 6.37. The first-order valence-electron chi connectivity index (χ1n) is 6.62. The molecular weight excluding hydrogens is 342 g/mol. The minimum absolute atomic E-state index is 0.0297. The Hall–Kier alpha value is -2.11. The van der Waals surface area contributed by atoms with Gasteiger partial charge in [-0.05, 0) is 36.8 Å². The summed E-state index contributed by atoms with van der Waals surface area (Å²) in [5.74, 6) is -1.53. The average molecular weight is 355 g/mol. The molecule has 0 radical (unpaired) electrons. The zero-order valence-corrected chi connectivity index (χ0v) is 13.8. The molecule has 0 saturated carbocycles. The van der Waals surface area contributed by atoms with Crippen molar-refractivity contribution in [1.29, 1.82) is 0 Å². The molecule has 0 aliphatic heterocycles. The minimum atomic E-state index is -0.732. The van der Waals surface area contributed by atoms with E-state index in [0.717, 1.165) is 6.07 Å². The molecule has 0 aliphatic rings. The quantitative estimate of drug-likeness (QED) is 0.788. The highest BCUT2D eigenvalue weighted by Crippen LogP contribution is 2.27. The number of anilines is 2. The Balaban J connectivity index is 2.31. The SMILES string of the molecule is CC(=O)Nc1cccc(NC(=O)c2cc(F)c(Cl)cc2Cl)c1C. The number of hydrogen-bond acceptors (Lipinski definition) is 2. The van der Waals surface area contributed by atoms with Crippen LogP contribution in [-0.4, -0.2) is 11.8 Å². The largest absolute Gasteiger partial charge is 0.326 e. The topological polar surface area (TPSA) is 58.2 Å². The zero-order valence-electron chi connectivity index (χ0n) is 12.3. The van der Waals surface area contributed by atoms with Gasteiger partial charge in [-0.2, -0.15) is 0 Å². The number of carbonyl (C=O) groups excluding carboxylic acids is 2.